The van der Waals surface area contributed by atoms with Crippen LogP contribution in [0.3, 0.4) is 0 Å². The third-order valence-electron chi connectivity index (χ3n) is 5.21. The van der Waals surface area contributed by atoms with Gasteiger partial charge in [-0.3, -0.25) is 9.59 Å². The standard InChI is InChI=1S/C18H25N3O2.ClH/c1-2-8-20-17(22)13-4-3-5-14(10-13)21-18(23)15-11-6-7-12(9-11)16(15)19;/h3-5,10-12,15-16H,2,6-9,19H2,1H3,(H,20,22)(H,21,23);1H. The van der Waals surface area contributed by atoms with Gasteiger partial charge in [-0.1, -0.05) is 13.0 Å². The largest absolute Gasteiger partial charge is 0.352 e. The highest BCUT2D eigenvalue weighted by molar-refractivity contribution is 5.98. The normalized spacial score (nSPS) is 27.4. The number of nitrogens with two attached hydrogens (primary N) is 1. The SMILES string of the molecule is CCCNC(=O)c1cccc(NC(=O)C2C3CCC(C3)C2N)c1.Cl. The van der Waals surface area contributed by atoms with Gasteiger partial charge in [-0.15, -0.1) is 12.4 Å². The molecule has 1 aromatic carbocycles. The van der Waals surface area contributed by atoms with Crippen LogP contribution in [-0.4, -0.2) is 24.4 Å². The summed E-state index contributed by atoms with van der Waals surface area (Å²) in [6.45, 7) is 2.66. The molecule has 2 bridgehead atoms. The molecule has 4 atom stereocenters. The maximum atomic E-state index is 12.6. The summed E-state index contributed by atoms with van der Waals surface area (Å²) in [7, 11) is 0. The number of carbonyl (C=O) groups is 2. The number of benzene rings is 1. The minimum atomic E-state index is -0.112. The monoisotopic (exact) mass is 351 g/mol. The van der Waals surface area contributed by atoms with Crippen LogP contribution in [0.5, 0.6) is 0 Å². The number of rotatable bonds is 5. The molecule has 5 nitrogen and oxygen atoms in total. The van der Waals surface area contributed by atoms with E-state index >= 15 is 0 Å². The topological polar surface area (TPSA) is 84.2 Å². The lowest BCUT2D eigenvalue weighted by Gasteiger charge is -2.27. The molecule has 2 aliphatic carbocycles. The van der Waals surface area contributed by atoms with Crippen molar-refractivity contribution in [2.24, 2.45) is 23.5 Å². The van der Waals surface area contributed by atoms with Gasteiger partial charge in [-0.2, -0.15) is 0 Å². The van der Waals surface area contributed by atoms with Crippen molar-refractivity contribution < 1.29 is 9.59 Å². The number of nitrogens with one attached hydrogen (secondary N) is 2. The number of hydrogen-bond donors (Lipinski definition) is 3. The third-order valence-corrected chi connectivity index (χ3v) is 5.21. The lowest BCUT2D eigenvalue weighted by molar-refractivity contribution is -0.121. The van der Waals surface area contributed by atoms with E-state index in [1.54, 1.807) is 18.2 Å². The van der Waals surface area contributed by atoms with Crippen LogP contribution in [0.15, 0.2) is 24.3 Å². The molecule has 0 aliphatic heterocycles. The molecule has 3 rings (SSSR count). The summed E-state index contributed by atoms with van der Waals surface area (Å²) in [6, 6.07) is 7.06. The molecule has 4 N–H and O–H groups in total. The van der Waals surface area contributed by atoms with Crippen molar-refractivity contribution in [1.82, 2.24) is 5.32 Å². The van der Waals surface area contributed by atoms with E-state index in [2.05, 4.69) is 10.6 Å². The van der Waals surface area contributed by atoms with Gasteiger partial charge in [0.1, 0.15) is 0 Å². The van der Waals surface area contributed by atoms with E-state index in [0.29, 0.717) is 29.6 Å². The van der Waals surface area contributed by atoms with Crippen LogP contribution in [0.25, 0.3) is 0 Å². The Morgan fingerprint density at radius 3 is 2.67 bits per heavy atom. The number of hydrogen-bond acceptors (Lipinski definition) is 3. The summed E-state index contributed by atoms with van der Waals surface area (Å²) < 4.78 is 0. The van der Waals surface area contributed by atoms with Crippen molar-refractivity contribution in [3.05, 3.63) is 29.8 Å². The molecule has 2 amide bonds. The predicted molar refractivity (Wildman–Crippen MR) is 97.2 cm³/mol. The molecule has 6 heteroatoms. The summed E-state index contributed by atoms with van der Waals surface area (Å²) in [5.41, 5.74) is 7.45. The Hall–Kier alpha value is -1.59. The minimum absolute atomic E-state index is 0. The van der Waals surface area contributed by atoms with E-state index in [1.807, 2.05) is 13.0 Å². The average Bonchev–Trinajstić information content (AvgIpc) is 3.13. The second kappa shape index (κ2) is 7.99. The number of halogens is 1. The average molecular weight is 352 g/mol. The van der Waals surface area contributed by atoms with Crippen molar-refractivity contribution in [2.75, 3.05) is 11.9 Å². The summed E-state index contributed by atoms with van der Waals surface area (Å²) in [6.07, 6.45) is 4.24. The van der Waals surface area contributed by atoms with Gasteiger partial charge in [0, 0.05) is 23.8 Å². The number of fused-ring (bicyclic) bond motifs is 2. The molecule has 0 spiro atoms. The van der Waals surface area contributed by atoms with Gasteiger partial charge >= 0.3 is 0 Å². The van der Waals surface area contributed by atoms with Gasteiger partial charge in [-0.25, -0.2) is 0 Å². The van der Waals surface area contributed by atoms with Crippen LogP contribution in [0, 0.1) is 17.8 Å². The molecule has 132 valence electrons. The number of anilines is 1. The molecule has 0 saturated heterocycles. The molecule has 24 heavy (non-hydrogen) atoms. The molecule has 4 unspecified atom stereocenters. The molecule has 2 fully saturated rings. The van der Waals surface area contributed by atoms with E-state index < -0.39 is 0 Å². The maximum absolute atomic E-state index is 12.6. The fourth-order valence-corrected chi connectivity index (χ4v) is 4.03. The Morgan fingerprint density at radius 1 is 1.25 bits per heavy atom. The zero-order valence-electron chi connectivity index (χ0n) is 14.0. The van der Waals surface area contributed by atoms with Crippen molar-refractivity contribution >= 4 is 29.9 Å². The number of amides is 2. The smallest absolute Gasteiger partial charge is 0.251 e. The first-order valence-corrected chi connectivity index (χ1v) is 8.55. The second-order valence-electron chi connectivity index (χ2n) is 6.76. The van der Waals surface area contributed by atoms with Crippen LogP contribution < -0.4 is 16.4 Å². The van der Waals surface area contributed by atoms with Crippen LogP contribution in [0.4, 0.5) is 5.69 Å². The minimum Gasteiger partial charge on any atom is -0.352 e. The van der Waals surface area contributed by atoms with Gasteiger partial charge in [0.25, 0.3) is 5.91 Å². The first-order valence-electron chi connectivity index (χ1n) is 8.55. The van der Waals surface area contributed by atoms with Crippen LogP contribution >= 0.6 is 12.4 Å². The Morgan fingerprint density at radius 2 is 2.00 bits per heavy atom. The number of carbonyl (C=O) groups excluding carboxylic acids is 2. The summed E-state index contributed by atoms with van der Waals surface area (Å²) in [5, 5.41) is 5.79. The van der Waals surface area contributed by atoms with Crippen molar-refractivity contribution in [3.63, 3.8) is 0 Å². The van der Waals surface area contributed by atoms with Crippen LogP contribution in [-0.2, 0) is 4.79 Å². The van der Waals surface area contributed by atoms with Gasteiger partial charge in [0.15, 0.2) is 0 Å². The highest BCUT2D eigenvalue weighted by Crippen LogP contribution is 2.47. The van der Waals surface area contributed by atoms with E-state index in [4.69, 9.17) is 5.73 Å². The van der Waals surface area contributed by atoms with E-state index in [1.165, 1.54) is 0 Å². The zero-order chi connectivity index (χ0) is 16.4. The first kappa shape index (κ1) is 18.7. The second-order valence-corrected chi connectivity index (χ2v) is 6.76. The fraction of sp³-hybridized carbons (Fsp3) is 0.556. The van der Waals surface area contributed by atoms with E-state index in [9.17, 15) is 9.59 Å². The zero-order valence-corrected chi connectivity index (χ0v) is 14.8. The molecule has 2 aliphatic rings. The van der Waals surface area contributed by atoms with Gasteiger partial charge in [-0.05, 0) is 55.7 Å². The quantitative estimate of drug-likeness (QED) is 0.762. The molecule has 0 heterocycles. The van der Waals surface area contributed by atoms with E-state index in [-0.39, 0.29) is 36.2 Å². The summed E-state index contributed by atoms with van der Waals surface area (Å²) >= 11 is 0. The predicted octanol–water partition coefficient (Wildman–Crippen LogP) is 2.56. The molecule has 0 radical (unpaired) electrons. The molecular weight excluding hydrogens is 326 g/mol. The van der Waals surface area contributed by atoms with Gasteiger partial charge < -0.3 is 16.4 Å². The van der Waals surface area contributed by atoms with Crippen molar-refractivity contribution in [2.45, 2.75) is 38.6 Å². The lowest BCUT2D eigenvalue weighted by Crippen LogP contribution is -2.42. The lowest BCUT2D eigenvalue weighted by atomic mass is 9.84. The molecule has 2 saturated carbocycles. The maximum Gasteiger partial charge on any atom is 0.251 e. The third kappa shape index (κ3) is 3.73. The Bertz CT molecular complexity index is 606. The Kier molecular flexibility index (Phi) is 6.24. The van der Waals surface area contributed by atoms with Crippen molar-refractivity contribution in [1.29, 1.82) is 0 Å². The molecule has 0 aromatic heterocycles. The Labute approximate surface area is 149 Å². The van der Waals surface area contributed by atoms with Gasteiger partial charge in [0.2, 0.25) is 5.91 Å². The highest BCUT2D eigenvalue weighted by Gasteiger charge is 2.49. The summed E-state index contributed by atoms with van der Waals surface area (Å²) in [5.74, 6) is 0.717. The first-order chi connectivity index (χ1) is 11.1. The van der Waals surface area contributed by atoms with E-state index in [0.717, 1.165) is 25.7 Å². The van der Waals surface area contributed by atoms with Crippen molar-refractivity contribution in [3.8, 4) is 0 Å². The highest BCUT2D eigenvalue weighted by atomic mass is 35.5. The van der Waals surface area contributed by atoms with Gasteiger partial charge in [0.05, 0.1) is 5.92 Å². The Balaban J connectivity index is 0.00000208. The summed E-state index contributed by atoms with van der Waals surface area (Å²) in [4.78, 5) is 24.6. The van der Waals surface area contributed by atoms with Crippen LogP contribution in [0.1, 0.15) is 43.0 Å². The van der Waals surface area contributed by atoms with Crippen LogP contribution in [0.2, 0.25) is 0 Å². The molecular formula is C18H26ClN3O2. The fourth-order valence-electron chi connectivity index (χ4n) is 4.03. The molecule has 1 aromatic rings.